The van der Waals surface area contributed by atoms with Crippen LogP contribution in [0.4, 0.5) is 10.8 Å². The fraction of sp³-hybridized carbons (Fsp3) is 0.250. The quantitative estimate of drug-likeness (QED) is 0.276. The van der Waals surface area contributed by atoms with Crippen molar-refractivity contribution in [1.29, 1.82) is 0 Å². The highest BCUT2D eigenvalue weighted by Gasteiger charge is 2.28. The smallest absolute Gasteiger partial charge is 0.183 e. The largest absolute Gasteiger partial charge is 0.755 e. The van der Waals surface area contributed by atoms with Crippen molar-refractivity contribution >= 4 is 44.8 Å². The maximum atomic E-state index is 10.9. The fourth-order valence-corrected chi connectivity index (χ4v) is 5.86. The Morgan fingerprint density at radius 3 is 2.61 bits per heavy atom. The average molecular weight is 496 g/mol. The monoisotopic (exact) mass is 495 g/mol. The Labute approximate surface area is 203 Å². The lowest BCUT2D eigenvalue weighted by molar-refractivity contribution is 0.542. The zero-order valence-electron chi connectivity index (χ0n) is 18.0. The molecule has 33 heavy (non-hydrogen) atoms. The third-order valence-electron chi connectivity index (χ3n) is 5.64. The molecule has 1 fully saturated rings. The molecular weight excluding hydrogens is 472 g/mol. The summed E-state index contributed by atoms with van der Waals surface area (Å²) < 4.78 is 24.1. The maximum absolute atomic E-state index is 10.9. The molecule has 0 bridgehead atoms. The number of aromatic nitrogens is 2. The second-order valence-electron chi connectivity index (χ2n) is 8.17. The minimum absolute atomic E-state index is 0.0305. The number of anilines is 2. The summed E-state index contributed by atoms with van der Waals surface area (Å²) in [4.78, 5) is 9.79. The minimum atomic E-state index is -2.33. The molecule has 1 aliphatic carbocycles. The van der Waals surface area contributed by atoms with Gasteiger partial charge in [-0.2, -0.15) is 0 Å². The summed E-state index contributed by atoms with van der Waals surface area (Å²) in [7, 11) is 0. The molecule has 0 saturated heterocycles. The molecule has 170 valence electrons. The van der Waals surface area contributed by atoms with E-state index >= 15 is 0 Å². The number of hydrogen-bond donors (Lipinski definition) is 2. The van der Waals surface area contributed by atoms with E-state index in [-0.39, 0.29) is 6.04 Å². The van der Waals surface area contributed by atoms with Crippen LogP contribution in [0.3, 0.4) is 0 Å². The molecule has 2 N–H and O–H groups in total. The van der Waals surface area contributed by atoms with Gasteiger partial charge in [0.25, 0.3) is 0 Å². The molecule has 1 aliphatic rings. The van der Waals surface area contributed by atoms with Crippen LogP contribution in [-0.4, -0.2) is 18.7 Å². The van der Waals surface area contributed by atoms with Gasteiger partial charge < -0.3 is 14.6 Å². The summed E-state index contributed by atoms with van der Waals surface area (Å²) in [5, 5.41) is 9.92. The SMILES string of the molecule is Cc1ccccc1-c1csc(N[C@@H](Cc2ccc(NS(=O)[O-])cc2)c2csc(C3CC3)n2)n1. The first kappa shape index (κ1) is 22.2. The molecule has 2 heterocycles. The Kier molecular flexibility index (Phi) is 6.55. The van der Waals surface area contributed by atoms with Gasteiger partial charge >= 0.3 is 0 Å². The van der Waals surface area contributed by atoms with Gasteiger partial charge in [0.2, 0.25) is 0 Å². The van der Waals surface area contributed by atoms with Gasteiger partial charge in [0, 0.05) is 39.2 Å². The first-order valence-electron chi connectivity index (χ1n) is 10.7. The van der Waals surface area contributed by atoms with E-state index in [1.165, 1.54) is 23.4 Å². The maximum Gasteiger partial charge on any atom is 0.183 e. The van der Waals surface area contributed by atoms with Gasteiger partial charge in [0.1, 0.15) is 0 Å². The zero-order valence-corrected chi connectivity index (χ0v) is 20.4. The minimum Gasteiger partial charge on any atom is -0.755 e. The van der Waals surface area contributed by atoms with Gasteiger partial charge in [0.15, 0.2) is 5.13 Å². The number of hydrogen-bond acceptors (Lipinski definition) is 7. The van der Waals surface area contributed by atoms with Crippen LogP contribution in [-0.2, 0) is 17.7 Å². The lowest BCUT2D eigenvalue weighted by atomic mass is 10.0. The van der Waals surface area contributed by atoms with E-state index in [0.29, 0.717) is 18.0 Å². The van der Waals surface area contributed by atoms with E-state index in [1.807, 2.05) is 24.3 Å². The lowest BCUT2D eigenvalue weighted by Gasteiger charge is -2.17. The van der Waals surface area contributed by atoms with Crippen LogP contribution < -0.4 is 10.0 Å². The molecule has 2 aromatic carbocycles. The molecule has 4 aromatic rings. The lowest BCUT2D eigenvalue weighted by Crippen LogP contribution is -2.14. The molecule has 2 aromatic heterocycles. The normalized spacial score (nSPS) is 15.2. The molecule has 2 atom stereocenters. The van der Waals surface area contributed by atoms with E-state index in [9.17, 15) is 8.76 Å². The molecule has 5 rings (SSSR count). The molecule has 9 heteroatoms. The van der Waals surface area contributed by atoms with Gasteiger partial charge in [-0.25, -0.2) is 9.97 Å². The van der Waals surface area contributed by atoms with E-state index in [4.69, 9.17) is 9.97 Å². The van der Waals surface area contributed by atoms with E-state index in [1.54, 1.807) is 34.8 Å². The summed E-state index contributed by atoms with van der Waals surface area (Å²) in [6, 6.07) is 15.7. The van der Waals surface area contributed by atoms with Crippen molar-refractivity contribution in [2.75, 3.05) is 10.0 Å². The van der Waals surface area contributed by atoms with Crippen molar-refractivity contribution < 1.29 is 8.76 Å². The average Bonchev–Trinajstić information content (AvgIpc) is 3.34. The summed E-state index contributed by atoms with van der Waals surface area (Å²) in [5.74, 6) is 0.621. The van der Waals surface area contributed by atoms with Gasteiger partial charge in [0.05, 0.1) is 22.4 Å². The highest BCUT2D eigenvalue weighted by atomic mass is 32.2. The number of thiazole rings is 2. The highest BCUT2D eigenvalue weighted by molar-refractivity contribution is 7.80. The van der Waals surface area contributed by atoms with Crippen molar-refractivity contribution in [2.24, 2.45) is 0 Å². The highest BCUT2D eigenvalue weighted by Crippen LogP contribution is 2.42. The third kappa shape index (κ3) is 5.50. The van der Waals surface area contributed by atoms with Crippen molar-refractivity contribution in [2.45, 2.75) is 38.1 Å². The number of nitrogens with one attached hydrogen (secondary N) is 2. The van der Waals surface area contributed by atoms with Crippen LogP contribution >= 0.6 is 22.7 Å². The number of nitrogens with zero attached hydrogens (tertiary/aromatic N) is 2. The van der Waals surface area contributed by atoms with Gasteiger partial charge in [-0.05, 0) is 49.4 Å². The van der Waals surface area contributed by atoms with Crippen LogP contribution in [0.15, 0.2) is 59.3 Å². The molecule has 6 nitrogen and oxygen atoms in total. The molecule has 0 aliphatic heterocycles. The molecular formula is C24H23N4O2S3-. The zero-order chi connectivity index (χ0) is 22.8. The van der Waals surface area contributed by atoms with Gasteiger partial charge in [-0.15, -0.1) is 22.7 Å². The third-order valence-corrected chi connectivity index (χ3v) is 7.84. The standard InChI is InChI=1S/C24H24N4O2S3/c1-15-4-2-3-5-19(15)21-13-32-24(27-21)26-20(22-14-31-23(25-22)17-8-9-17)12-16-6-10-18(11-7-16)28-33(29)30/h2-7,10-11,13-14,17,20,28H,8-9,12H2,1H3,(H,26,27)(H,29,30)/p-1/t20-/m0/s1. The van der Waals surface area contributed by atoms with Crippen molar-refractivity contribution in [3.8, 4) is 11.3 Å². The van der Waals surface area contributed by atoms with E-state index in [2.05, 4.69) is 39.9 Å². The van der Waals surface area contributed by atoms with Gasteiger partial charge in [-0.1, -0.05) is 36.4 Å². The number of aryl methyl sites for hydroxylation is 1. The number of benzene rings is 2. The van der Waals surface area contributed by atoms with Crippen LogP contribution in [0.1, 0.15) is 46.6 Å². The first-order chi connectivity index (χ1) is 16.0. The van der Waals surface area contributed by atoms with Crippen molar-refractivity contribution in [3.63, 3.8) is 0 Å². The van der Waals surface area contributed by atoms with Crippen LogP contribution in [0.5, 0.6) is 0 Å². The molecule has 0 amide bonds. The van der Waals surface area contributed by atoms with Crippen molar-refractivity contribution in [1.82, 2.24) is 9.97 Å². The summed E-state index contributed by atoms with van der Waals surface area (Å²) in [5.41, 5.74) is 5.97. The number of rotatable bonds is 9. The van der Waals surface area contributed by atoms with Crippen molar-refractivity contribution in [3.05, 3.63) is 81.1 Å². The van der Waals surface area contributed by atoms with Crippen LogP contribution in [0.25, 0.3) is 11.3 Å². The predicted octanol–water partition coefficient (Wildman–Crippen LogP) is 6.05. The van der Waals surface area contributed by atoms with Crippen LogP contribution in [0, 0.1) is 6.92 Å². The Morgan fingerprint density at radius 1 is 1.09 bits per heavy atom. The van der Waals surface area contributed by atoms with E-state index in [0.717, 1.165) is 27.6 Å². The van der Waals surface area contributed by atoms with E-state index < -0.39 is 11.3 Å². The second kappa shape index (κ2) is 9.72. The second-order valence-corrected chi connectivity index (χ2v) is 10.6. The summed E-state index contributed by atoms with van der Waals surface area (Å²) >= 11 is 1.00. The Morgan fingerprint density at radius 2 is 1.88 bits per heavy atom. The Balaban J connectivity index is 1.38. The van der Waals surface area contributed by atoms with Gasteiger partial charge in [-0.3, -0.25) is 4.21 Å². The Hall–Kier alpha value is -2.59. The summed E-state index contributed by atoms with van der Waals surface area (Å²) in [6.45, 7) is 2.10. The Bertz CT molecular complexity index is 1260. The fourth-order valence-electron chi connectivity index (χ4n) is 3.72. The summed E-state index contributed by atoms with van der Waals surface area (Å²) in [6.07, 6.45) is 3.17. The molecule has 1 unspecified atom stereocenters. The molecule has 1 saturated carbocycles. The predicted molar refractivity (Wildman–Crippen MR) is 135 cm³/mol. The topological polar surface area (TPSA) is 90.0 Å². The van der Waals surface area contributed by atoms with Crippen LogP contribution in [0.2, 0.25) is 0 Å². The first-order valence-corrected chi connectivity index (χ1v) is 13.6. The molecule has 0 radical (unpaired) electrons. The molecule has 0 spiro atoms.